The number of ether oxygens (including phenoxy) is 1. The van der Waals surface area contributed by atoms with Crippen LogP contribution in [0.3, 0.4) is 0 Å². The number of halogens is 1. The zero-order valence-electron chi connectivity index (χ0n) is 9.37. The van der Waals surface area contributed by atoms with Crippen molar-refractivity contribution in [2.45, 2.75) is 0 Å². The quantitative estimate of drug-likeness (QED) is 0.905. The molecule has 1 N–H and O–H groups in total. The van der Waals surface area contributed by atoms with Gasteiger partial charge >= 0.3 is 5.97 Å². The Morgan fingerprint density at radius 2 is 2.16 bits per heavy atom. The largest absolute Gasteiger partial charge is 0.478 e. The number of hydrogen-bond acceptors (Lipinski definition) is 5. The molecule has 0 spiro atoms. The highest BCUT2D eigenvalue weighted by Gasteiger charge is 2.11. The highest BCUT2D eigenvalue weighted by molar-refractivity contribution is 5.88. The van der Waals surface area contributed by atoms with Gasteiger partial charge in [-0.25, -0.2) is 19.2 Å². The molecule has 19 heavy (non-hydrogen) atoms. The van der Waals surface area contributed by atoms with E-state index in [1.807, 2.05) is 0 Å². The van der Waals surface area contributed by atoms with E-state index in [1.165, 1.54) is 18.5 Å². The number of aromatic carboxylic acids is 1. The predicted octanol–water partition coefficient (Wildman–Crippen LogP) is 1.98. The molecule has 0 saturated heterocycles. The Balaban J connectivity index is 2.21. The molecular weight excluding hydrogens is 253 g/mol. The molecule has 0 fully saturated rings. The van der Waals surface area contributed by atoms with Crippen molar-refractivity contribution in [1.29, 1.82) is 5.26 Å². The molecule has 94 valence electrons. The number of nitriles is 1. The molecule has 1 aromatic heterocycles. The van der Waals surface area contributed by atoms with Gasteiger partial charge in [-0.15, -0.1) is 0 Å². The van der Waals surface area contributed by atoms with Crippen LogP contribution in [0.5, 0.6) is 11.6 Å². The van der Waals surface area contributed by atoms with Gasteiger partial charge in [0.2, 0.25) is 5.88 Å². The van der Waals surface area contributed by atoms with Crippen LogP contribution < -0.4 is 4.74 Å². The van der Waals surface area contributed by atoms with Crippen LogP contribution in [0.15, 0.2) is 30.6 Å². The van der Waals surface area contributed by atoms with Crippen molar-refractivity contribution in [3.63, 3.8) is 0 Å². The first-order valence-corrected chi connectivity index (χ1v) is 5.03. The van der Waals surface area contributed by atoms with Crippen molar-refractivity contribution in [3.05, 3.63) is 47.7 Å². The van der Waals surface area contributed by atoms with Crippen LogP contribution in [-0.4, -0.2) is 21.0 Å². The van der Waals surface area contributed by atoms with Gasteiger partial charge in [-0.1, -0.05) is 0 Å². The maximum Gasteiger partial charge on any atom is 0.338 e. The van der Waals surface area contributed by atoms with Crippen LogP contribution in [0.2, 0.25) is 0 Å². The van der Waals surface area contributed by atoms with Gasteiger partial charge in [-0.3, -0.25) is 0 Å². The third-order valence-corrected chi connectivity index (χ3v) is 2.14. The normalized spacial score (nSPS) is 9.68. The molecule has 0 aliphatic rings. The standard InChI is InChI=1S/C12H6FN3O3/c13-10-3-8(1-2-9(10)12(17)18)19-11-6-15-7(4-14)5-16-11/h1-3,5-6H,(H,17,18). The predicted molar refractivity (Wildman–Crippen MR) is 60.2 cm³/mol. The molecule has 1 aromatic carbocycles. The van der Waals surface area contributed by atoms with Gasteiger partial charge in [0.05, 0.1) is 18.0 Å². The minimum Gasteiger partial charge on any atom is -0.478 e. The zero-order valence-corrected chi connectivity index (χ0v) is 9.37. The average Bonchev–Trinajstić information content (AvgIpc) is 2.39. The van der Waals surface area contributed by atoms with Gasteiger partial charge in [0.15, 0.2) is 5.69 Å². The minimum absolute atomic E-state index is 0.0708. The highest BCUT2D eigenvalue weighted by atomic mass is 19.1. The molecule has 0 radical (unpaired) electrons. The van der Waals surface area contributed by atoms with Crippen LogP contribution in [0.1, 0.15) is 16.1 Å². The number of nitrogens with zero attached hydrogens (tertiary/aromatic N) is 3. The van der Waals surface area contributed by atoms with Gasteiger partial charge < -0.3 is 9.84 Å². The lowest BCUT2D eigenvalue weighted by Gasteiger charge is -2.05. The molecule has 0 unspecified atom stereocenters. The summed E-state index contributed by atoms with van der Waals surface area (Å²) in [4.78, 5) is 18.1. The number of hydrogen-bond donors (Lipinski definition) is 1. The monoisotopic (exact) mass is 259 g/mol. The van der Waals surface area contributed by atoms with E-state index in [2.05, 4.69) is 9.97 Å². The summed E-state index contributed by atoms with van der Waals surface area (Å²) in [5.74, 6) is -2.11. The number of carboxylic acids is 1. The molecule has 0 bridgehead atoms. The van der Waals surface area contributed by atoms with E-state index < -0.39 is 17.3 Å². The second-order valence-electron chi connectivity index (χ2n) is 3.40. The first kappa shape index (κ1) is 12.4. The molecule has 0 amide bonds. The molecule has 0 atom stereocenters. The number of carbonyl (C=O) groups is 1. The average molecular weight is 259 g/mol. The minimum atomic E-state index is -1.36. The fraction of sp³-hybridized carbons (Fsp3) is 0. The molecule has 7 heteroatoms. The molecular formula is C12H6FN3O3. The number of carboxylic acid groups (broad SMARTS) is 1. The van der Waals surface area contributed by atoms with Crippen LogP contribution in [-0.2, 0) is 0 Å². The van der Waals surface area contributed by atoms with Gasteiger partial charge in [0.1, 0.15) is 17.6 Å². The summed E-state index contributed by atoms with van der Waals surface area (Å²) in [7, 11) is 0. The van der Waals surface area contributed by atoms with Crippen molar-refractivity contribution in [2.24, 2.45) is 0 Å². The Bertz CT molecular complexity index is 665. The second kappa shape index (κ2) is 5.10. The van der Waals surface area contributed by atoms with Gasteiger partial charge in [-0.05, 0) is 12.1 Å². The topological polar surface area (TPSA) is 96.1 Å². The summed E-state index contributed by atoms with van der Waals surface area (Å²) in [6, 6.07) is 5.11. The summed E-state index contributed by atoms with van der Waals surface area (Å²) < 4.78 is 18.6. The maximum absolute atomic E-state index is 13.4. The smallest absolute Gasteiger partial charge is 0.338 e. The summed E-state index contributed by atoms with van der Waals surface area (Å²) in [5, 5.41) is 17.2. The number of aromatic nitrogens is 2. The third-order valence-electron chi connectivity index (χ3n) is 2.14. The van der Waals surface area contributed by atoms with E-state index >= 15 is 0 Å². The summed E-state index contributed by atoms with van der Waals surface area (Å²) >= 11 is 0. The van der Waals surface area contributed by atoms with Gasteiger partial charge in [-0.2, -0.15) is 5.26 Å². The summed E-state index contributed by atoms with van der Waals surface area (Å²) in [6.07, 6.45) is 2.42. The Labute approximate surface area is 106 Å². The maximum atomic E-state index is 13.4. The fourth-order valence-electron chi connectivity index (χ4n) is 1.28. The van der Waals surface area contributed by atoms with Gasteiger partial charge in [0, 0.05) is 6.07 Å². The first-order valence-electron chi connectivity index (χ1n) is 5.03. The molecule has 0 aliphatic carbocycles. The Kier molecular flexibility index (Phi) is 3.34. The number of benzene rings is 1. The van der Waals surface area contributed by atoms with Crippen molar-refractivity contribution >= 4 is 5.97 Å². The van der Waals surface area contributed by atoms with Crippen LogP contribution in [0, 0.1) is 17.1 Å². The van der Waals surface area contributed by atoms with E-state index in [0.29, 0.717) is 0 Å². The lowest BCUT2D eigenvalue weighted by molar-refractivity contribution is 0.0692. The van der Waals surface area contributed by atoms with Crippen LogP contribution in [0.25, 0.3) is 0 Å². The second-order valence-corrected chi connectivity index (χ2v) is 3.40. The molecule has 1 heterocycles. The zero-order chi connectivity index (χ0) is 13.8. The molecule has 2 rings (SSSR count). The van der Waals surface area contributed by atoms with Crippen molar-refractivity contribution in [3.8, 4) is 17.7 Å². The Morgan fingerprint density at radius 1 is 1.37 bits per heavy atom. The molecule has 0 aliphatic heterocycles. The van der Waals surface area contributed by atoms with E-state index in [-0.39, 0.29) is 17.3 Å². The molecule has 0 saturated carbocycles. The molecule has 2 aromatic rings. The lowest BCUT2D eigenvalue weighted by Crippen LogP contribution is -2.00. The van der Waals surface area contributed by atoms with Crippen LogP contribution in [0.4, 0.5) is 4.39 Å². The van der Waals surface area contributed by atoms with E-state index in [9.17, 15) is 9.18 Å². The van der Waals surface area contributed by atoms with Crippen molar-refractivity contribution in [1.82, 2.24) is 9.97 Å². The number of rotatable bonds is 3. The van der Waals surface area contributed by atoms with Crippen molar-refractivity contribution < 1.29 is 19.0 Å². The van der Waals surface area contributed by atoms with Crippen molar-refractivity contribution in [2.75, 3.05) is 0 Å². The molecule has 6 nitrogen and oxygen atoms in total. The Morgan fingerprint density at radius 3 is 2.68 bits per heavy atom. The van der Waals surface area contributed by atoms with Crippen LogP contribution >= 0.6 is 0 Å². The first-order chi connectivity index (χ1) is 9.10. The third kappa shape index (κ3) is 2.81. The SMILES string of the molecule is N#Cc1cnc(Oc2ccc(C(=O)O)c(F)c2)cn1. The van der Waals surface area contributed by atoms with E-state index in [1.54, 1.807) is 6.07 Å². The van der Waals surface area contributed by atoms with E-state index in [4.69, 9.17) is 15.1 Å². The highest BCUT2D eigenvalue weighted by Crippen LogP contribution is 2.21. The fourth-order valence-corrected chi connectivity index (χ4v) is 1.28. The Hall–Kier alpha value is -3.01. The van der Waals surface area contributed by atoms with Gasteiger partial charge in [0.25, 0.3) is 0 Å². The lowest BCUT2D eigenvalue weighted by atomic mass is 10.2. The summed E-state index contributed by atoms with van der Waals surface area (Å²) in [6.45, 7) is 0. The van der Waals surface area contributed by atoms with E-state index in [0.717, 1.165) is 12.1 Å². The summed E-state index contributed by atoms with van der Waals surface area (Å²) in [5.41, 5.74) is -0.321.